The zero-order valence-electron chi connectivity index (χ0n) is 16.7. The maximum absolute atomic E-state index is 12.6. The Morgan fingerprint density at radius 3 is 3.11 bits per heavy atom. The van der Waals surface area contributed by atoms with Gasteiger partial charge in [0.15, 0.2) is 5.96 Å². The molecule has 1 unspecified atom stereocenters. The van der Waals surface area contributed by atoms with Crippen LogP contribution in [0, 0.1) is 5.41 Å². The summed E-state index contributed by atoms with van der Waals surface area (Å²) in [7, 11) is 0. The Morgan fingerprint density at radius 1 is 1.46 bits per heavy atom. The highest BCUT2D eigenvalue weighted by molar-refractivity contribution is 7.10. The summed E-state index contributed by atoms with van der Waals surface area (Å²) in [6, 6.07) is 2.13. The smallest absolute Gasteiger partial charge is 0.224 e. The Bertz CT molecular complexity index is 670. The molecule has 0 saturated carbocycles. The Hall–Kier alpha value is -1.64. The molecule has 2 aliphatic rings. The van der Waals surface area contributed by atoms with Crippen LogP contribution in [0.2, 0.25) is 0 Å². The molecule has 1 aromatic rings. The van der Waals surface area contributed by atoms with Crippen molar-refractivity contribution in [2.45, 2.75) is 39.2 Å². The van der Waals surface area contributed by atoms with Crippen LogP contribution in [0.25, 0.3) is 0 Å². The third kappa shape index (κ3) is 5.46. The molecule has 0 aromatic carbocycles. The first-order chi connectivity index (χ1) is 13.7. The topological polar surface area (TPSA) is 86.2 Å². The van der Waals surface area contributed by atoms with Crippen molar-refractivity contribution in [3.63, 3.8) is 0 Å². The first-order valence-corrected chi connectivity index (χ1v) is 11.1. The van der Waals surface area contributed by atoms with Crippen molar-refractivity contribution in [2.75, 3.05) is 46.0 Å². The van der Waals surface area contributed by atoms with Crippen LogP contribution in [0.5, 0.6) is 0 Å². The molecule has 3 rings (SSSR count). The fourth-order valence-corrected chi connectivity index (χ4v) is 4.67. The molecule has 8 heteroatoms. The summed E-state index contributed by atoms with van der Waals surface area (Å²) >= 11 is 1.79. The van der Waals surface area contributed by atoms with Gasteiger partial charge < -0.3 is 25.4 Å². The summed E-state index contributed by atoms with van der Waals surface area (Å²) in [5.74, 6) is 0.902. The largest absolute Gasteiger partial charge is 0.396 e. The van der Waals surface area contributed by atoms with Gasteiger partial charge in [-0.25, -0.2) is 0 Å². The molecule has 1 aromatic heterocycles. The fraction of sp³-hybridized carbons (Fsp3) is 0.700. The van der Waals surface area contributed by atoms with E-state index in [0.29, 0.717) is 32.5 Å². The number of aliphatic imine (C=N–C) groups is 1. The highest BCUT2D eigenvalue weighted by Gasteiger charge is 2.34. The minimum atomic E-state index is -0.0705. The minimum absolute atomic E-state index is 0.0705. The number of aliphatic hydroxyl groups is 1. The molecular formula is C20H32N4O3S. The van der Waals surface area contributed by atoms with E-state index in [2.05, 4.69) is 22.1 Å². The molecule has 1 saturated heterocycles. The second-order valence-electron chi connectivity index (χ2n) is 7.58. The first kappa shape index (κ1) is 21.1. The zero-order valence-corrected chi connectivity index (χ0v) is 17.5. The molecule has 1 atom stereocenters. The van der Waals surface area contributed by atoms with E-state index in [0.717, 1.165) is 45.0 Å². The van der Waals surface area contributed by atoms with Crippen LogP contribution in [-0.2, 0) is 22.5 Å². The van der Waals surface area contributed by atoms with Crippen molar-refractivity contribution >= 4 is 23.2 Å². The number of fused-ring (bicyclic) bond motifs is 1. The summed E-state index contributed by atoms with van der Waals surface area (Å²) in [4.78, 5) is 20.6. The Balaban J connectivity index is 1.47. The number of rotatable bonds is 8. The van der Waals surface area contributed by atoms with E-state index in [9.17, 15) is 9.90 Å². The van der Waals surface area contributed by atoms with Crippen molar-refractivity contribution < 1.29 is 14.6 Å². The maximum atomic E-state index is 12.6. The highest BCUT2D eigenvalue weighted by atomic mass is 32.1. The third-order valence-electron chi connectivity index (χ3n) is 5.54. The lowest BCUT2D eigenvalue weighted by atomic mass is 9.84. The number of ether oxygens (including phenoxy) is 1. The van der Waals surface area contributed by atoms with Crippen LogP contribution in [0.15, 0.2) is 16.4 Å². The molecule has 0 aliphatic carbocycles. The predicted molar refractivity (Wildman–Crippen MR) is 112 cm³/mol. The van der Waals surface area contributed by atoms with Crippen LogP contribution >= 0.6 is 11.3 Å². The number of nitrogens with one attached hydrogen (secondary N) is 2. The van der Waals surface area contributed by atoms with Crippen molar-refractivity contribution in [2.24, 2.45) is 10.4 Å². The van der Waals surface area contributed by atoms with Gasteiger partial charge in [0, 0.05) is 56.1 Å². The average molecular weight is 409 g/mol. The highest BCUT2D eigenvalue weighted by Crippen LogP contribution is 2.32. The summed E-state index contributed by atoms with van der Waals surface area (Å²) in [5.41, 5.74) is 1.22. The number of carbonyl (C=O) groups excluding carboxylic acids is 1. The van der Waals surface area contributed by atoms with E-state index in [1.54, 1.807) is 11.3 Å². The van der Waals surface area contributed by atoms with Gasteiger partial charge in [-0.1, -0.05) is 0 Å². The molecule has 3 heterocycles. The Morgan fingerprint density at radius 2 is 2.36 bits per heavy atom. The van der Waals surface area contributed by atoms with Gasteiger partial charge in [0.25, 0.3) is 0 Å². The van der Waals surface area contributed by atoms with Gasteiger partial charge in [0.05, 0.1) is 13.2 Å². The van der Waals surface area contributed by atoms with Crippen LogP contribution in [0.3, 0.4) is 0 Å². The Labute approximate surface area is 171 Å². The number of nitrogens with zero attached hydrogens (tertiary/aromatic N) is 2. The lowest BCUT2D eigenvalue weighted by molar-refractivity contribution is -0.131. The van der Waals surface area contributed by atoms with Crippen LogP contribution in [-0.4, -0.2) is 67.9 Å². The molecule has 0 spiro atoms. The molecule has 3 N–H and O–H groups in total. The summed E-state index contributed by atoms with van der Waals surface area (Å²) in [6.07, 6.45) is 3.04. The normalized spacial score (nSPS) is 22.2. The molecule has 156 valence electrons. The SMILES string of the molecule is CCNC(=NCC1(CCO)CCOC1)NCCC(=O)N1CCc2sccc2C1. The summed E-state index contributed by atoms with van der Waals surface area (Å²) < 4.78 is 5.53. The molecule has 0 bridgehead atoms. The van der Waals surface area contributed by atoms with E-state index in [4.69, 9.17) is 9.73 Å². The Kier molecular flexibility index (Phi) is 7.70. The van der Waals surface area contributed by atoms with Gasteiger partial charge in [0.1, 0.15) is 0 Å². The van der Waals surface area contributed by atoms with Crippen molar-refractivity contribution in [1.82, 2.24) is 15.5 Å². The van der Waals surface area contributed by atoms with Gasteiger partial charge in [0.2, 0.25) is 5.91 Å². The average Bonchev–Trinajstić information content (AvgIpc) is 3.35. The number of guanidine groups is 1. The third-order valence-corrected chi connectivity index (χ3v) is 6.56. The molecule has 1 amide bonds. The number of amides is 1. The summed E-state index contributed by atoms with van der Waals surface area (Å²) in [5, 5.41) is 18.0. The van der Waals surface area contributed by atoms with Crippen LogP contribution in [0.4, 0.5) is 0 Å². The van der Waals surface area contributed by atoms with Gasteiger partial charge >= 0.3 is 0 Å². The number of thiophene rings is 1. The predicted octanol–water partition coefficient (Wildman–Crippen LogP) is 1.37. The number of carbonyl (C=O) groups is 1. The van der Waals surface area contributed by atoms with Crippen molar-refractivity contribution in [1.29, 1.82) is 0 Å². The van der Waals surface area contributed by atoms with Crippen molar-refractivity contribution in [3.05, 3.63) is 21.9 Å². The lowest BCUT2D eigenvalue weighted by Gasteiger charge is -2.27. The molecule has 7 nitrogen and oxygen atoms in total. The second kappa shape index (κ2) is 10.2. The van der Waals surface area contributed by atoms with E-state index >= 15 is 0 Å². The molecule has 0 radical (unpaired) electrons. The van der Waals surface area contributed by atoms with E-state index in [1.165, 1.54) is 10.4 Å². The van der Waals surface area contributed by atoms with Crippen LogP contribution in [0.1, 0.15) is 36.6 Å². The maximum Gasteiger partial charge on any atom is 0.224 e. The lowest BCUT2D eigenvalue weighted by Crippen LogP contribution is -2.41. The molecule has 1 fully saturated rings. The fourth-order valence-electron chi connectivity index (χ4n) is 3.78. The van der Waals surface area contributed by atoms with Gasteiger partial charge in [-0.05, 0) is 43.2 Å². The number of aliphatic hydroxyl groups excluding tert-OH is 1. The molecular weight excluding hydrogens is 376 g/mol. The van der Waals surface area contributed by atoms with Crippen LogP contribution < -0.4 is 10.6 Å². The molecule has 2 aliphatic heterocycles. The molecule has 28 heavy (non-hydrogen) atoms. The second-order valence-corrected chi connectivity index (χ2v) is 8.58. The van der Waals surface area contributed by atoms with Gasteiger partial charge in [-0.3, -0.25) is 9.79 Å². The number of hydrogen-bond donors (Lipinski definition) is 3. The van der Waals surface area contributed by atoms with Gasteiger partial charge in [-0.2, -0.15) is 0 Å². The van der Waals surface area contributed by atoms with E-state index in [-0.39, 0.29) is 17.9 Å². The zero-order chi connectivity index (χ0) is 19.8. The van der Waals surface area contributed by atoms with E-state index < -0.39 is 0 Å². The summed E-state index contributed by atoms with van der Waals surface area (Å²) in [6.45, 7) is 7.03. The standard InChI is InChI=1S/C20H32N4O3S/c1-2-21-19(23-14-20(6-10-25)7-11-27-15-20)22-8-3-18(26)24-9-4-17-16(13-24)5-12-28-17/h5,12,25H,2-4,6-11,13-15H2,1H3,(H2,21,22,23). The quantitative estimate of drug-likeness (QED) is 0.447. The van der Waals surface area contributed by atoms with Gasteiger partial charge in [-0.15, -0.1) is 11.3 Å². The van der Waals surface area contributed by atoms with E-state index in [1.807, 2.05) is 11.8 Å². The minimum Gasteiger partial charge on any atom is -0.396 e. The monoisotopic (exact) mass is 408 g/mol. The first-order valence-electron chi connectivity index (χ1n) is 10.2. The van der Waals surface area contributed by atoms with Crippen molar-refractivity contribution in [3.8, 4) is 0 Å². The number of hydrogen-bond acceptors (Lipinski definition) is 5.